The van der Waals surface area contributed by atoms with E-state index in [0.29, 0.717) is 18.3 Å². The molecule has 1 atom stereocenters. The Morgan fingerprint density at radius 3 is 3.19 bits per heavy atom. The van der Waals surface area contributed by atoms with Crippen molar-refractivity contribution in [1.82, 2.24) is 10.6 Å². The monoisotopic (exact) mass is 240 g/mol. The Morgan fingerprint density at radius 1 is 1.56 bits per heavy atom. The lowest BCUT2D eigenvalue weighted by atomic mass is 10.2. The third-order valence-corrected chi connectivity index (χ3v) is 3.68. The molecule has 16 heavy (non-hydrogen) atoms. The van der Waals surface area contributed by atoms with Gasteiger partial charge < -0.3 is 15.1 Å². The van der Waals surface area contributed by atoms with E-state index in [1.807, 2.05) is 11.8 Å². The molecule has 1 unspecified atom stereocenters. The van der Waals surface area contributed by atoms with E-state index < -0.39 is 0 Å². The van der Waals surface area contributed by atoms with E-state index in [0.717, 1.165) is 6.54 Å². The summed E-state index contributed by atoms with van der Waals surface area (Å²) in [5.74, 6) is 2.66. The van der Waals surface area contributed by atoms with Crippen molar-refractivity contribution in [1.29, 1.82) is 0 Å². The molecule has 0 bridgehead atoms. The Bertz CT molecular complexity index is 321. The number of thioether (sulfide) groups is 1. The molecule has 0 spiro atoms. The van der Waals surface area contributed by atoms with Crippen LogP contribution in [0.25, 0.3) is 0 Å². The molecule has 0 saturated carbocycles. The van der Waals surface area contributed by atoms with E-state index in [-0.39, 0.29) is 5.91 Å². The summed E-state index contributed by atoms with van der Waals surface area (Å²) in [4.78, 5) is 11.5. The first-order valence-corrected chi connectivity index (χ1v) is 6.64. The summed E-state index contributed by atoms with van der Waals surface area (Å²) < 4.78 is 4.99. The van der Waals surface area contributed by atoms with Gasteiger partial charge in [0, 0.05) is 24.9 Å². The third kappa shape index (κ3) is 3.28. The van der Waals surface area contributed by atoms with Gasteiger partial charge in [-0.15, -0.1) is 0 Å². The first kappa shape index (κ1) is 11.5. The molecular weight excluding hydrogens is 224 g/mol. The van der Waals surface area contributed by atoms with Crippen molar-refractivity contribution < 1.29 is 9.21 Å². The summed E-state index contributed by atoms with van der Waals surface area (Å²) in [6, 6.07) is 3.99. The predicted octanol–water partition coefficient (Wildman–Crippen LogP) is 1.10. The Balaban J connectivity index is 1.59. The van der Waals surface area contributed by atoms with Gasteiger partial charge in [0.25, 0.3) is 5.91 Å². The molecule has 1 aliphatic heterocycles. The summed E-state index contributed by atoms with van der Waals surface area (Å²) in [5.41, 5.74) is 0. The molecule has 0 aromatic carbocycles. The summed E-state index contributed by atoms with van der Waals surface area (Å²) in [6.07, 6.45) is 2.74. The van der Waals surface area contributed by atoms with Gasteiger partial charge in [-0.1, -0.05) is 0 Å². The van der Waals surface area contributed by atoms with E-state index in [9.17, 15) is 4.79 Å². The van der Waals surface area contributed by atoms with Crippen LogP contribution in [-0.4, -0.2) is 36.5 Å². The molecule has 1 amide bonds. The molecule has 0 aliphatic carbocycles. The van der Waals surface area contributed by atoms with Gasteiger partial charge in [0.2, 0.25) is 0 Å². The van der Waals surface area contributed by atoms with E-state index in [1.54, 1.807) is 12.1 Å². The highest BCUT2D eigenvalue weighted by Gasteiger charge is 2.14. The van der Waals surface area contributed by atoms with Crippen molar-refractivity contribution in [2.75, 3.05) is 24.6 Å². The fourth-order valence-corrected chi connectivity index (χ4v) is 2.83. The minimum absolute atomic E-state index is 0.146. The molecule has 4 nitrogen and oxygen atoms in total. The van der Waals surface area contributed by atoms with Gasteiger partial charge in [-0.05, 0) is 24.3 Å². The lowest BCUT2D eigenvalue weighted by Crippen LogP contribution is -2.36. The second-order valence-electron chi connectivity index (χ2n) is 3.75. The maximum absolute atomic E-state index is 11.5. The van der Waals surface area contributed by atoms with Crippen molar-refractivity contribution in [3.05, 3.63) is 24.2 Å². The van der Waals surface area contributed by atoms with Gasteiger partial charge >= 0.3 is 0 Å². The van der Waals surface area contributed by atoms with Crippen LogP contribution in [0.1, 0.15) is 17.0 Å². The molecule has 1 aromatic heterocycles. The highest BCUT2D eigenvalue weighted by Crippen LogP contribution is 2.16. The van der Waals surface area contributed by atoms with E-state index >= 15 is 0 Å². The van der Waals surface area contributed by atoms with Gasteiger partial charge in [-0.3, -0.25) is 4.79 Å². The zero-order valence-corrected chi connectivity index (χ0v) is 9.89. The second-order valence-corrected chi connectivity index (χ2v) is 4.90. The van der Waals surface area contributed by atoms with Crippen molar-refractivity contribution >= 4 is 17.7 Å². The number of hydrogen-bond donors (Lipinski definition) is 2. The maximum atomic E-state index is 11.5. The lowest BCUT2D eigenvalue weighted by molar-refractivity contribution is 0.0926. The van der Waals surface area contributed by atoms with Crippen LogP contribution in [-0.2, 0) is 0 Å². The van der Waals surface area contributed by atoms with Gasteiger partial charge in [0.1, 0.15) is 0 Å². The normalized spacial score (nSPS) is 19.9. The zero-order chi connectivity index (χ0) is 11.2. The number of furan rings is 1. The lowest BCUT2D eigenvalue weighted by Gasteiger charge is -2.10. The van der Waals surface area contributed by atoms with E-state index in [1.165, 1.54) is 24.2 Å². The average molecular weight is 240 g/mol. The molecule has 88 valence electrons. The highest BCUT2D eigenvalue weighted by molar-refractivity contribution is 7.99. The minimum atomic E-state index is -0.146. The largest absolute Gasteiger partial charge is 0.459 e. The molecule has 1 fully saturated rings. The molecule has 2 rings (SSSR count). The topological polar surface area (TPSA) is 54.3 Å². The Hall–Kier alpha value is -0.940. The number of carbonyl (C=O) groups is 1. The second kappa shape index (κ2) is 5.96. The van der Waals surface area contributed by atoms with Crippen LogP contribution in [0.3, 0.4) is 0 Å². The maximum Gasteiger partial charge on any atom is 0.287 e. The Kier molecular flexibility index (Phi) is 4.30. The number of hydrogen-bond acceptors (Lipinski definition) is 4. The first-order valence-electron chi connectivity index (χ1n) is 5.49. The van der Waals surface area contributed by atoms with Gasteiger partial charge in [-0.25, -0.2) is 0 Å². The van der Waals surface area contributed by atoms with Crippen LogP contribution in [0.5, 0.6) is 0 Å². The van der Waals surface area contributed by atoms with Crippen LogP contribution >= 0.6 is 11.8 Å². The molecule has 1 saturated heterocycles. The molecule has 5 heteroatoms. The molecule has 1 aliphatic rings. The SMILES string of the molecule is O=C(NCCNC1CCSC1)c1ccco1. The molecule has 2 heterocycles. The first-order chi connectivity index (χ1) is 7.86. The number of amides is 1. The van der Waals surface area contributed by atoms with Crippen LogP contribution in [0, 0.1) is 0 Å². The van der Waals surface area contributed by atoms with E-state index in [4.69, 9.17) is 4.42 Å². The summed E-state index contributed by atoms with van der Waals surface area (Å²) >= 11 is 1.98. The van der Waals surface area contributed by atoms with Crippen LogP contribution < -0.4 is 10.6 Å². The van der Waals surface area contributed by atoms with Crippen molar-refractivity contribution in [2.45, 2.75) is 12.5 Å². The molecule has 1 aromatic rings. The predicted molar refractivity (Wildman–Crippen MR) is 64.8 cm³/mol. The third-order valence-electron chi connectivity index (χ3n) is 2.52. The van der Waals surface area contributed by atoms with Gasteiger partial charge in [-0.2, -0.15) is 11.8 Å². The zero-order valence-electron chi connectivity index (χ0n) is 9.07. The quantitative estimate of drug-likeness (QED) is 0.757. The Labute approximate surface area is 99.2 Å². The number of nitrogens with one attached hydrogen (secondary N) is 2. The van der Waals surface area contributed by atoms with Crippen LogP contribution in [0.2, 0.25) is 0 Å². The van der Waals surface area contributed by atoms with Crippen LogP contribution in [0.15, 0.2) is 22.8 Å². The highest BCUT2D eigenvalue weighted by atomic mass is 32.2. The summed E-state index contributed by atoms with van der Waals surface area (Å²) in [6.45, 7) is 1.46. The number of carbonyl (C=O) groups excluding carboxylic acids is 1. The van der Waals surface area contributed by atoms with Gasteiger partial charge in [0.05, 0.1) is 6.26 Å². The Morgan fingerprint density at radius 2 is 2.50 bits per heavy atom. The van der Waals surface area contributed by atoms with Crippen molar-refractivity contribution in [3.8, 4) is 0 Å². The van der Waals surface area contributed by atoms with E-state index in [2.05, 4.69) is 10.6 Å². The average Bonchev–Trinajstić information content (AvgIpc) is 2.96. The van der Waals surface area contributed by atoms with Crippen LogP contribution in [0.4, 0.5) is 0 Å². The van der Waals surface area contributed by atoms with Crippen molar-refractivity contribution in [2.24, 2.45) is 0 Å². The molecular formula is C11H16N2O2S. The standard InChI is InChI=1S/C11H16N2O2S/c14-11(10-2-1-6-15-10)13-5-4-12-9-3-7-16-8-9/h1-2,6,9,12H,3-5,7-8H2,(H,13,14). The minimum Gasteiger partial charge on any atom is -0.459 e. The molecule has 2 N–H and O–H groups in total. The smallest absolute Gasteiger partial charge is 0.287 e. The fraction of sp³-hybridized carbons (Fsp3) is 0.545. The molecule has 0 radical (unpaired) electrons. The summed E-state index contributed by atoms with van der Waals surface area (Å²) in [5, 5.41) is 6.22. The van der Waals surface area contributed by atoms with Gasteiger partial charge in [0.15, 0.2) is 5.76 Å². The van der Waals surface area contributed by atoms with Crippen molar-refractivity contribution in [3.63, 3.8) is 0 Å². The number of rotatable bonds is 5. The fourth-order valence-electron chi connectivity index (χ4n) is 1.64. The summed E-state index contributed by atoms with van der Waals surface area (Å²) in [7, 11) is 0.